The predicted octanol–water partition coefficient (Wildman–Crippen LogP) is 4.44. The molecule has 2 aliphatic carbocycles. The Kier molecular flexibility index (Phi) is 5.57. The van der Waals surface area contributed by atoms with Gasteiger partial charge in [-0.2, -0.15) is 0 Å². The molecule has 0 aliphatic heterocycles. The van der Waals surface area contributed by atoms with E-state index in [0.717, 1.165) is 5.92 Å². The van der Waals surface area contributed by atoms with Crippen LogP contribution in [-0.4, -0.2) is 13.1 Å². The van der Waals surface area contributed by atoms with Gasteiger partial charge in [0, 0.05) is 6.04 Å². The van der Waals surface area contributed by atoms with Crippen molar-refractivity contribution in [3.8, 4) is 0 Å². The molecule has 1 heteroatoms. The summed E-state index contributed by atoms with van der Waals surface area (Å²) in [7, 11) is 2.17. The van der Waals surface area contributed by atoms with Crippen LogP contribution in [0.4, 0.5) is 0 Å². The van der Waals surface area contributed by atoms with Gasteiger partial charge in [0.25, 0.3) is 0 Å². The lowest BCUT2D eigenvalue weighted by molar-refractivity contribution is 0.362. The molecule has 0 spiro atoms. The van der Waals surface area contributed by atoms with E-state index in [1.807, 2.05) is 0 Å². The van der Waals surface area contributed by atoms with Crippen molar-refractivity contribution >= 4 is 0 Å². The Bertz CT molecular complexity index is 236. The van der Waals surface area contributed by atoms with Gasteiger partial charge >= 0.3 is 0 Å². The van der Waals surface area contributed by atoms with Gasteiger partial charge in [-0.25, -0.2) is 0 Å². The Hall–Kier alpha value is -0.300. The van der Waals surface area contributed by atoms with Crippen LogP contribution < -0.4 is 5.32 Å². The highest BCUT2D eigenvalue weighted by Gasteiger charge is 2.24. The second kappa shape index (κ2) is 7.20. The molecule has 1 atom stereocenters. The summed E-state index contributed by atoms with van der Waals surface area (Å²) in [5, 5.41) is 3.63. The third-order valence-electron chi connectivity index (χ3n) is 4.66. The molecule has 0 aromatic carbocycles. The fourth-order valence-corrected chi connectivity index (χ4v) is 3.69. The van der Waals surface area contributed by atoms with Crippen molar-refractivity contribution in [1.29, 1.82) is 0 Å². The minimum atomic E-state index is 0.686. The first kappa shape index (κ1) is 13.1. The Morgan fingerprint density at radius 1 is 1.00 bits per heavy atom. The summed E-state index contributed by atoms with van der Waals surface area (Å²) < 4.78 is 0. The summed E-state index contributed by atoms with van der Waals surface area (Å²) in [5.74, 6) is 0.909. The molecule has 98 valence electrons. The predicted molar refractivity (Wildman–Crippen MR) is 75.2 cm³/mol. The molecular formula is C16H29N. The largest absolute Gasteiger partial charge is 0.313 e. The van der Waals surface area contributed by atoms with Crippen LogP contribution in [0.15, 0.2) is 11.6 Å². The summed E-state index contributed by atoms with van der Waals surface area (Å²) in [5.41, 5.74) is 1.73. The molecule has 1 N–H and O–H groups in total. The van der Waals surface area contributed by atoms with E-state index in [2.05, 4.69) is 18.4 Å². The van der Waals surface area contributed by atoms with Crippen LogP contribution in [0.2, 0.25) is 0 Å². The molecule has 1 saturated carbocycles. The Morgan fingerprint density at radius 3 is 2.41 bits per heavy atom. The fourth-order valence-electron chi connectivity index (χ4n) is 3.69. The van der Waals surface area contributed by atoms with Gasteiger partial charge in [0.15, 0.2) is 0 Å². The fraction of sp³-hybridized carbons (Fsp3) is 0.875. The van der Waals surface area contributed by atoms with Crippen molar-refractivity contribution in [3.05, 3.63) is 11.6 Å². The van der Waals surface area contributed by atoms with E-state index in [-0.39, 0.29) is 0 Å². The van der Waals surface area contributed by atoms with Gasteiger partial charge in [0.05, 0.1) is 0 Å². The van der Waals surface area contributed by atoms with Crippen LogP contribution in [0, 0.1) is 5.92 Å². The van der Waals surface area contributed by atoms with Gasteiger partial charge in [0.1, 0.15) is 0 Å². The van der Waals surface area contributed by atoms with Crippen LogP contribution in [0.5, 0.6) is 0 Å². The molecule has 0 bridgehead atoms. The van der Waals surface area contributed by atoms with E-state index in [1.165, 1.54) is 70.6 Å². The quantitative estimate of drug-likeness (QED) is 0.563. The minimum Gasteiger partial charge on any atom is -0.313 e. The maximum atomic E-state index is 3.63. The molecule has 0 radical (unpaired) electrons. The Morgan fingerprint density at radius 2 is 1.71 bits per heavy atom. The molecule has 1 nitrogen and oxygen atoms in total. The van der Waals surface area contributed by atoms with E-state index in [4.69, 9.17) is 0 Å². The van der Waals surface area contributed by atoms with E-state index in [1.54, 1.807) is 5.57 Å². The summed E-state index contributed by atoms with van der Waals surface area (Å²) >= 11 is 0. The highest BCUT2D eigenvalue weighted by molar-refractivity contribution is 5.13. The van der Waals surface area contributed by atoms with E-state index in [9.17, 15) is 0 Å². The zero-order valence-electron chi connectivity index (χ0n) is 11.5. The van der Waals surface area contributed by atoms with Crippen LogP contribution in [0.3, 0.4) is 0 Å². The number of hydrogen-bond donors (Lipinski definition) is 1. The lowest BCUT2D eigenvalue weighted by Crippen LogP contribution is -2.35. The first-order valence-electron chi connectivity index (χ1n) is 7.78. The molecule has 17 heavy (non-hydrogen) atoms. The highest BCUT2D eigenvalue weighted by Crippen LogP contribution is 2.31. The lowest BCUT2D eigenvalue weighted by Gasteiger charge is -2.28. The van der Waals surface area contributed by atoms with Crippen LogP contribution in [0.1, 0.15) is 70.6 Å². The SMILES string of the molecule is CNC(C1=CCCCCC1)C1CCCCCC1. The second-order valence-electron chi connectivity index (χ2n) is 5.90. The normalized spacial score (nSPS) is 25.8. The molecule has 0 aromatic rings. The van der Waals surface area contributed by atoms with Crippen molar-refractivity contribution in [1.82, 2.24) is 5.32 Å². The minimum absolute atomic E-state index is 0.686. The first-order valence-corrected chi connectivity index (χ1v) is 7.78. The van der Waals surface area contributed by atoms with Crippen molar-refractivity contribution in [2.24, 2.45) is 5.92 Å². The Labute approximate surface area is 107 Å². The first-order chi connectivity index (χ1) is 8.42. The summed E-state index contributed by atoms with van der Waals surface area (Å²) in [6.45, 7) is 0. The number of likely N-dealkylation sites (N-methyl/N-ethyl adjacent to an activating group) is 1. The lowest BCUT2D eigenvalue weighted by atomic mass is 9.85. The second-order valence-corrected chi connectivity index (χ2v) is 5.90. The molecule has 0 aromatic heterocycles. The molecule has 1 unspecified atom stereocenters. The van der Waals surface area contributed by atoms with E-state index >= 15 is 0 Å². The van der Waals surface area contributed by atoms with Gasteiger partial charge in [-0.05, 0) is 51.5 Å². The van der Waals surface area contributed by atoms with Crippen molar-refractivity contribution in [2.45, 2.75) is 76.7 Å². The van der Waals surface area contributed by atoms with Crippen LogP contribution >= 0.6 is 0 Å². The number of hydrogen-bond acceptors (Lipinski definition) is 1. The average Bonchev–Trinajstić information content (AvgIpc) is 2.75. The molecule has 0 amide bonds. The zero-order chi connectivity index (χ0) is 11.9. The molecule has 0 heterocycles. The van der Waals surface area contributed by atoms with Gasteiger partial charge < -0.3 is 5.32 Å². The molecule has 0 saturated heterocycles. The van der Waals surface area contributed by atoms with Crippen LogP contribution in [0.25, 0.3) is 0 Å². The summed E-state index contributed by atoms with van der Waals surface area (Å²) in [6.07, 6.45) is 18.2. The molecular weight excluding hydrogens is 206 g/mol. The van der Waals surface area contributed by atoms with Gasteiger partial charge in [-0.15, -0.1) is 0 Å². The van der Waals surface area contributed by atoms with Crippen molar-refractivity contribution in [3.63, 3.8) is 0 Å². The summed E-state index contributed by atoms with van der Waals surface area (Å²) in [4.78, 5) is 0. The van der Waals surface area contributed by atoms with E-state index < -0.39 is 0 Å². The van der Waals surface area contributed by atoms with E-state index in [0.29, 0.717) is 6.04 Å². The number of nitrogens with one attached hydrogen (secondary N) is 1. The highest BCUT2D eigenvalue weighted by atomic mass is 14.9. The third-order valence-corrected chi connectivity index (χ3v) is 4.66. The third kappa shape index (κ3) is 3.84. The topological polar surface area (TPSA) is 12.0 Å². The number of allylic oxidation sites excluding steroid dienone is 1. The number of rotatable bonds is 3. The molecule has 1 fully saturated rings. The van der Waals surface area contributed by atoms with Crippen molar-refractivity contribution < 1.29 is 0 Å². The maximum Gasteiger partial charge on any atom is 0.0305 e. The van der Waals surface area contributed by atoms with Gasteiger partial charge in [-0.1, -0.05) is 43.8 Å². The van der Waals surface area contributed by atoms with Crippen LogP contribution in [-0.2, 0) is 0 Å². The monoisotopic (exact) mass is 235 g/mol. The summed E-state index contributed by atoms with van der Waals surface area (Å²) in [6, 6.07) is 0.686. The smallest absolute Gasteiger partial charge is 0.0305 e. The standard InChI is InChI=1S/C16H29N/c1-17-16(14-10-6-2-3-7-11-14)15-12-8-4-5-9-13-15/h10,15-17H,2-9,11-13H2,1H3. The van der Waals surface area contributed by atoms with Gasteiger partial charge in [0.2, 0.25) is 0 Å². The maximum absolute atomic E-state index is 3.63. The molecule has 2 aliphatic rings. The van der Waals surface area contributed by atoms with Crippen molar-refractivity contribution in [2.75, 3.05) is 7.05 Å². The average molecular weight is 235 g/mol. The Balaban J connectivity index is 1.99. The van der Waals surface area contributed by atoms with Gasteiger partial charge in [-0.3, -0.25) is 0 Å². The molecule has 2 rings (SSSR count). The zero-order valence-corrected chi connectivity index (χ0v) is 11.5.